The summed E-state index contributed by atoms with van der Waals surface area (Å²) in [7, 11) is 0. The highest BCUT2D eigenvalue weighted by molar-refractivity contribution is 7.19. The minimum atomic E-state index is 0.814. The molecule has 7 rings (SSSR count). The van der Waals surface area contributed by atoms with Crippen LogP contribution in [-0.4, -0.2) is 0 Å². The standard InChI is InChI=1S/C27H17NO2S2/c1-14-2-7-25(31-14)15-3-5-17-19-12-24-20(13-23(19)29-21(17)10-15)18-6-4-16(11-22(18)30-24)26-8-9-27(28)32-26/h2-13H,28H2,1H3. The van der Waals surface area contributed by atoms with Gasteiger partial charge in [-0.3, -0.25) is 0 Å². The molecule has 0 fully saturated rings. The third-order valence-corrected chi connectivity index (χ3v) is 8.01. The largest absolute Gasteiger partial charge is 0.456 e. The lowest BCUT2D eigenvalue weighted by atomic mass is 10.1. The zero-order valence-electron chi connectivity index (χ0n) is 17.1. The minimum Gasteiger partial charge on any atom is -0.456 e. The fourth-order valence-corrected chi connectivity index (χ4v) is 6.08. The van der Waals surface area contributed by atoms with Crippen LogP contribution in [0.3, 0.4) is 0 Å². The number of aryl methyl sites for hydroxylation is 1. The lowest BCUT2D eigenvalue weighted by Gasteiger charge is -1.97. The Labute approximate surface area is 191 Å². The Hall–Kier alpha value is -3.54. The number of hydrogen-bond acceptors (Lipinski definition) is 5. The fourth-order valence-electron chi connectivity index (χ4n) is 4.45. The van der Waals surface area contributed by atoms with Gasteiger partial charge >= 0.3 is 0 Å². The van der Waals surface area contributed by atoms with Crippen LogP contribution in [-0.2, 0) is 0 Å². The molecule has 5 heteroatoms. The lowest BCUT2D eigenvalue weighted by Crippen LogP contribution is -1.73. The summed E-state index contributed by atoms with van der Waals surface area (Å²) in [5.74, 6) is 0. The number of rotatable bonds is 2. The number of anilines is 1. The van der Waals surface area contributed by atoms with Crippen molar-refractivity contribution < 1.29 is 8.83 Å². The second-order valence-corrected chi connectivity index (χ2v) is 10.5. The molecule has 3 aromatic carbocycles. The molecule has 3 nitrogen and oxygen atoms in total. The normalized spacial score (nSPS) is 12.0. The van der Waals surface area contributed by atoms with E-state index in [1.54, 1.807) is 22.7 Å². The summed E-state index contributed by atoms with van der Waals surface area (Å²) < 4.78 is 12.6. The number of nitrogens with two attached hydrogens (primary N) is 1. The molecule has 2 N–H and O–H groups in total. The van der Waals surface area contributed by atoms with Crippen LogP contribution in [0.5, 0.6) is 0 Å². The molecule has 0 bridgehead atoms. The predicted octanol–water partition coefficient (Wildman–Crippen LogP) is 8.83. The van der Waals surface area contributed by atoms with Gasteiger partial charge in [-0.2, -0.15) is 0 Å². The van der Waals surface area contributed by atoms with E-state index in [-0.39, 0.29) is 0 Å². The van der Waals surface area contributed by atoms with E-state index < -0.39 is 0 Å². The first kappa shape index (κ1) is 18.1. The highest BCUT2D eigenvalue weighted by Gasteiger charge is 2.15. The number of nitrogen functional groups attached to an aromatic ring is 1. The molecule has 0 aliphatic rings. The molecule has 0 radical (unpaired) electrons. The van der Waals surface area contributed by atoms with Crippen LogP contribution in [0.1, 0.15) is 4.88 Å². The van der Waals surface area contributed by atoms with Crippen molar-refractivity contribution in [2.45, 2.75) is 6.92 Å². The van der Waals surface area contributed by atoms with Gasteiger partial charge in [-0.25, -0.2) is 0 Å². The number of benzene rings is 3. The number of furan rings is 2. The van der Waals surface area contributed by atoms with Crippen molar-refractivity contribution in [1.29, 1.82) is 0 Å². The first-order valence-electron chi connectivity index (χ1n) is 10.4. The van der Waals surface area contributed by atoms with Crippen molar-refractivity contribution in [2.24, 2.45) is 0 Å². The molecule has 0 amide bonds. The van der Waals surface area contributed by atoms with Crippen LogP contribution in [0.4, 0.5) is 5.00 Å². The number of hydrogen-bond donors (Lipinski definition) is 1. The molecule has 0 saturated heterocycles. The van der Waals surface area contributed by atoms with E-state index in [1.807, 2.05) is 6.07 Å². The quantitative estimate of drug-likeness (QED) is 0.286. The van der Waals surface area contributed by atoms with Crippen LogP contribution >= 0.6 is 22.7 Å². The Morgan fingerprint density at radius 3 is 1.59 bits per heavy atom. The first-order valence-corrected chi connectivity index (χ1v) is 12.0. The first-order chi connectivity index (χ1) is 15.6. The maximum atomic E-state index is 6.29. The topological polar surface area (TPSA) is 52.3 Å². The van der Waals surface area contributed by atoms with Crippen molar-refractivity contribution >= 4 is 71.6 Å². The second-order valence-electron chi connectivity index (χ2n) is 8.08. The molecule has 0 atom stereocenters. The van der Waals surface area contributed by atoms with Crippen molar-refractivity contribution in [2.75, 3.05) is 5.73 Å². The summed E-state index contributed by atoms with van der Waals surface area (Å²) in [5, 5.41) is 5.15. The average Bonchev–Trinajstić information content (AvgIpc) is 3.56. The zero-order valence-corrected chi connectivity index (χ0v) is 18.8. The van der Waals surface area contributed by atoms with Gasteiger partial charge in [0.2, 0.25) is 0 Å². The summed E-state index contributed by atoms with van der Waals surface area (Å²) in [6.07, 6.45) is 0. The van der Waals surface area contributed by atoms with Gasteiger partial charge in [0.15, 0.2) is 0 Å². The van der Waals surface area contributed by atoms with Gasteiger partial charge in [-0.1, -0.05) is 12.1 Å². The Morgan fingerprint density at radius 2 is 1.09 bits per heavy atom. The molecule has 32 heavy (non-hydrogen) atoms. The molecular formula is C27H17NO2S2. The maximum Gasteiger partial charge on any atom is 0.136 e. The third kappa shape index (κ3) is 2.65. The highest BCUT2D eigenvalue weighted by atomic mass is 32.1. The molecule has 0 aliphatic carbocycles. The number of thiophene rings is 2. The third-order valence-electron chi connectivity index (χ3n) is 6.00. The van der Waals surface area contributed by atoms with Gasteiger partial charge in [0, 0.05) is 36.2 Å². The van der Waals surface area contributed by atoms with E-state index in [0.717, 1.165) is 59.3 Å². The Bertz CT molecular complexity index is 1680. The molecular weight excluding hydrogens is 434 g/mol. The van der Waals surface area contributed by atoms with E-state index in [4.69, 9.17) is 14.6 Å². The van der Waals surface area contributed by atoms with Gasteiger partial charge in [0.25, 0.3) is 0 Å². The predicted molar refractivity (Wildman–Crippen MR) is 137 cm³/mol. The van der Waals surface area contributed by atoms with E-state index in [1.165, 1.54) is 15.3 Å². The van der Waals surface area contributed by atoms with Gasteiger partial charge in [0.05, 0.1) is 5.00 Å². The average molecular weight is 452 g/mol. The van der Waals surface area contributed by atoms with Crippen LogP contribution < -0.4 is 5.73 Å². The summed E-state index contributed by atoms with van der Waals surface area (Å²) in [6.45, 7) is 2.13. The second kappa shape index (κ2) is 6.48. The fraction of sp³-hybridized carbons (Fsp3) is 0.0370. The Balaban J connectivity index is 1.41. The van der Waals surface area contributed by atoms with E-state index in [9.17, 15) is 0 Å². The molecule has 0 saturated carbocycles. The Kier molecular flexibility index (Phi) is 3.66. The molecule has 0 unspecified atom stereocenters. The van der Waals surface area contributed by atoms with Crippen LogP contribution in [0.2, 0.25) is 0 Å². The maximum absolute atomic E-state index is 6.29. The summed E-state index contributed by atoms with van der Waals surface area (Å²) >= 11 is 3.38. The van der Waals surface area contributed by atoms with E-state index in [2.05, 4.69) is 73.7 Å². The van der Waals surface area contributed by atoms with E-state index in [0.29, 0.717) is 0 Å². The van der Waals surface area contributed by atoms with Gasteiger partial charge in [-0.15, -0.1) is 22.7 Å². The van der Waals surface area contributed by atoms with Crippen molar-refractivity contribution in [1.82, 2.24) is 0 Å². The molecule has 0 spiro atoms. The number of fused-ring (bicyclic) bond motifs is 6. The summed E-state index contributed by atoms with van der Waals surface area (Å²) in [4.78, 5) is 3.71. The van der Waals surface area contributed by atoms with Crippen LogP contribution in [0.25, 0.3) is 64.8 Å². The minimum absolute atomic E-state index is 0.814. The van der Waals surface area contributed by atoms with Crippen molar-refractivity contribution in [3.63, 3.8) is 0 Å². The molecule has 4 aromatic heterocycles. The van der Waals surface area contributed by atoms with Crippen LogP contribution in [0, 0.1) is 6.92 Å². The summed E-state index contributed by atoms with van der Waals surface area (Å²) in [6, 6.07) is 25.3. The SMILES string of the molecule is Cc1ccc(-c2ccc3c(c2)oc2cc4c(cc23)oc2cc(-c3ccc(N)s3)ccc24)s1. The summed E-state index contributed by atoms with van der Waals surface area (Å²) in [5.41, 5.74) is 11.7. The molecule has 4 heterocycles. The van der Waals surface area contributed by atoms with Crippen LogP contribution in [0.15, 0.2) is 81.6 Å². The molecule has 154 valence electrons. The molecule has 7 aromatic rings. The van der Waals surface area contributed by atoms with Gasteiger partial charge in [0.1, 0.15) is 22.3 Å². The van der Waals surface area contributed by atoms with Gasteiger partial charge < -0.3 is 14.6 Å². The van der Waals surface area contributed by atoms with Gasteiger partial charge in [-0.05, 0) is 78.7 Å². The van der Waals surface area contributed by atoms with E-state index >= 15 is 0 Å². The highest BCUT2D eigenvalue weighted by Crippen LogP contribution is 2.40. The lowest BCUT2D eigenvalue weighted by molar-refractivity contribution is 0.664. The van der Waals surface area contributed by atoms with Crippen molar-refractivity contribution in [3.05, 3.63) is 77.7 Å². The zero-order chi connectivity index (χ0) is 21.4. The smallest absolute Gasteiger partial charge is 0.136 e. The monoisotopic (exact) mass is 451 g/mol. The van der Waals surface area contributed by atoms with Crippen molar-refractivity contribution in [3.8, 4) is 20.9 Å². The Morgan fingerprint density at radius 1 is 0.562 bits per heavy atom. The molecule has 0 aliphatic heterocycles.